The van der Waals surface area contributed by atoms with E-state index in [1.807, 2.05) is 121 Å². The second-order valence-electron chi connectivity index (χ2n) is 9.47. The van der Waals surface area contributed by atoms with Gasteiger partial charge in [-0.3, -0.25) is 0 Å². The van der Waals surface area contributed by atoms with Crippen molar-refractivity contribution in [2.75, 3.05) is 6.61 Å². The summed E-state index contributed by atoms with van der Waals surface area (Å²) in [6.45, 7) is 1.16. The summed E-state index contributed by atoms with van der Waals surface area (Å²) in [5.41, 5.74) is 3.02. The summed E-state index contributed by atoms with van der Waals surface area (Å²) in [5, 5.41) is 11.1. The summed E-state index contributed by atoms with van der Waals surface area (Å²) in [7, 11) is 0. The Labute approximate surface area is 229 Å². The Balaban J connectivity index is 1.38. The fourth-order valence-electron chi connectivity index (χ4n) is 4.59. The van der Waals surface area contributed by atoms with Crippen molar-refractivity contribution in [3.63, 3.8) is 0 Å². The minimum Gasteiger partial charge on any atom is -0.491 e. The normalized spacial score (nSPS) is 22.8. The van der Waals surface area contributed by atoms with Gasteiger partial charge in [0.1, 0.15) is 36.8 Å². The van der Waals surface area contributed by atoms with E-state index in [4.69, 9.17) is 23.7 Å². The summed E-state index contributed by atoms with van der Waals surface area (Å²) in [6, 6.07) is 39.2. The molecule has 1 N–H and O–H groups in total. The Hall–Kier alpha value is -3.52. The summed E-state index contributed by atoms with van der Waals surface area (Å²) < 4.78 is 31.3. The Morgan fingerprint density at radius 1 is 0.513 bits per heavy atom. The van der Waals surface area contributed by atoms with E-state index in [1.54, 1.807) is 0 Å². The van der Waals surface area contributed by atoms with Crippen molar-refractivity contribution in [3.8, 4) is 5.75 Å². The number of hydrogen-bond donors (Lipinski definition) is 1. The van der Waals surface area contributed by atoms with E-state index in [-0.39, 0.29) is 6.61 Å². The maximum Gasteiger partial charge on any atom is 0.184 e. The van der Waals surface area contributed by atoms with Crippen LogP contribution >= 0.6 is 0 Å². The molecule has 5 atom stereocenters. The van der Waals surface area contributed by atoms with Gasteiger partial charge in [-0.2, -0.15) is 0 Å². The van der Waals surface area contributed by atoms with Gasteiger partial charge >= 0.3 is 0 Å². The summed E-state index contributed by atoms with van der Waals surface area (Å²) in [5.74, 6) is 0.710. The van der Waals surface area contributed by atoms with Crippen molar-refractivity contribution < 1.29 is 28.8 Å². The van der Waals surface area contributed by atoms with E-state index in [0.717, 1.165) is 16.7 Å². The molecular formula is C33H34O6. The molecule has 4 aromatic rings. The zero-order valence-corrected chi connectivity index (χ0v) is 21.8. The van der Waals surface area contributed by atoms with Crippen LogP contribution in [0.2, 0.25) is 0 Å². The number of benzene rings is 4. The van der Waals surface area contributed by atoms with E-state index in [2.05, 4.69) is 0 Å². The predicted molar refractivity (Wildman–Crippen MR) is 148 cm³/mol. The smallest absolute Gasteiger partial charge is 0.184 e. The van der Waals surface area contributed by atoms with Gasteiger partial charge in [0.05, 0.1) is 19.8 Å². The molecule has 39 heavy (non-hydrogen) atoms. The van der Waals surface area contributed by atoms with Crippen LogP contribution in [0.3, 0.4) is 0 Å². The third-order valence-electron chi connectivity index (χ3n) is 6.62. The minimum absolute atomic E-state index is 0.178. The molecule has 0 spiro atoms. The maximum atomic E-state index is 11.1. The second kappa shape index (κ2) is 14.0. The average molecular weight is 527 g/mol. The molecule has 0 aliphatic carbocycles. The average Bonchev–Trinajstić information content (AvgIpc) is 3.00. The van der Waals surface area contributed by atoms with Gasteiger partial charge < -0.3 is 28.8 Å². The highest BCUT2D eigenvalue weighted by Crippen LogP contribution is 2.30. The fourth-order valence-corrected chi connectivity index (χ4v) is 4.59. The predicted octanol–water partition coefficient (Wildman–Crippen LogP) is 5.54. The van der Waals surface area contributed by atoms with Crippen molar-refractivity contribution in [1.82, 2.24) is 0 Å². The first-order valence-corrected chi connectivity index (χ1v) is 13.2. The Morgan fingerprint density at radius 2 is 0.923 bits per heavy atom. The van der Waals surface area contributed by atoms with Gasteiger partial charge in [0.25, 0.3) is 0 Å². The molecule has 1 heterocycles. The molecule has 0 saturated carbocycles. The van der Waals surface area contributed by atoms with E-state index in [0.29, 0.717) is 25.6 Å². The molecule has 1 aliphatic heterocycles. The van der Waals surface area contributed by atoms with Crippen molar-refractivity contribution >= 4 is 0 Å². The lowest BCUT2D eigenvalue weighted by Crippen LogP contribution is -2.61. The van der Waals surface area contributed by atoms with Gasteiger partial charge in [0.15, 0.2) is 6.29 Å². The van der Waals surface area contributed by atoms with Crippen LogP contribution in [0.5, 0.6) is 5.75 Å². The fraction of sp³-hybridized carbons (Fsp3) is 0.273. The third kappa shape index (κ3) is 7.76. The van der Waals surface area contributed by atoms with Crippen LogP contribution in [0.15, 0.2) is 121 Å². The van der Waals surface area contributed by atoms with Crippen molar-refractivity contribution in [2.45, 2.75) is 50.5 Å². The molecule has 0 unspecified atom stereocenters. The van der Waals surface area contributed by atoms with Gasteiger partial charge in [-0.25, -0.2) is 0 Å². The summed E-state index contributed by atoms with van der Waals surface area (Å²) in [6.07, 6.45) is -3.79. The zero-order valence-electron chi connectivity index (χ0n) is 21.8. The number of aliphatic hydroxyl groups is 1. The van der Waals surface area contributed by atoms with Gasteiger partial charge in [-0.15, -0.1) is 0 Å². The highest BCUT2D eigenvalue weighted by atomic mass is 16.7. The lowest BCUT2D eigenvalue weighted by Gasteiger charge is -2.44. The number of para-hydroxylation sites is 1. The SMILES string of the molecule is O[C@H]1O[C@H](COc2ccccc2)[C@H](OCc2ccccc2)[C@H](OCc2ccccc2)[C@H]1OCc1ccccc1. The Bertz CT molecular complexity index is 1220. The van der Waals surface area contributed by atoms with Crippen LogP contribution in [-0.4, -0.2) is 42.4 Å². The van der Waals surface area contributed by atoms with E-state index >= 15 is 0 Å². The highest BCUT2D eigenvalue weighted by molar-refractivity contribution is 5.21. The van der Waals surface area contributed by atoms with Crippen molar-refractivity contribution in [1.29, 1.82) is 0 Å². The molecule has 6 nitrogen and oxygen atoms in total. The van der Waals surface area contributed by atoms with Crippen LogP contribution in [-0.2, 0) is 38.8 Å². The first-order chi connectivity index (χ1) is 19.3. The van der Waals surface area contributed by atoms with Gasteiger partial charge in [-0.1, -0.05) is 109 Å². The van der Waals surface area contributed by atoms with E-state index < -0.39 is 30.7 Å². The molecule has 0 bridgehead atoms. The standard InChI is InChI=1S/C33H34O6/c34-33-32(38-23-27-17-9-3-10-18-27)31(37-22-26-15-7-2-8-16-26)30(36-21-25-13-5-1-6-14-25)29(39-33)24-35-28-19-11-4-12-20-28/h1-20,29-34H,21-24H2/t29-,30+,31+,32-,33+/m1/s1. The Kier molecular flexibility index (Phi) is 9.74. The van der Waals surface area contributed by atoms with Crippen LogP contribution < -0.4 is 4.74 Å². The third-order valence-corrected chi connectivity index (χ3v) is 6.62. The lowest BCUT2D eigenvalue weighted by atomic mass is 9.98. The number of aliphatic hydroxyl groups excluding tert-OH is 1. The highest BCUT2D eigenvalue weighted by Gasteiger charge is 2.48. The van der Waals surface area contributed by atoms with E-state index in [1.165, 1.54) is 0 Å². The molecule has 1 aliphatic rings. The second-order valence-corrected chi connectivity index (χ2v) is 9.47. The van der Waals surface area contributed by atoms with Crippen LogP contribution in [0.1, 0.15) is 16.7 Å². The summed E-state index contributed by atoms with van der Waals surface area (Å²) in [4.78, 5) is 0. The van der Waals surface area contributed by atoms with Crippen molar-refractivity contribution in [2.24, 2.45) is 0 Å². The number of ether oxygens (including phenoxy) is 5. The molecule has 5 rings (SSSR count). The molecule has 1 saturated heterocycles. The molecule has 4 aromatic carbocycles. The van der Waals surface area contributed by atoms with Crippen LogP contribution in [0, 0.1) is 0 Å². The quantitative estimate of drug-likeness (QED) is 0.262. The lowest BCUT2D eigenvalue weighted by molar-refractivity contribution is -0.314. The molecule has 202 valence electrons. The topological polar surface area (TPSA) is 66.4 Å². The minimum atomic E-state index is -1.23. The van der Waals surface area contributed by atoms with Gasteiger partial charge in [-0.05, 0) is 28.8 Å². The molecule has 0 aromatic heterocycles. The van der Waals surface area contributed by atoms with Gasteiger partial charge in [0.2, 0.25) is 0 Å². The molecule has 1 fully saturated rings. The van der Waals surface area contributed by atoms with Crippen molar-refractivity contribution in [3.05, 3.63) is 138 Å². The first-order valence-electron chi connectivity index (χ1n) is 13.2. The first kappa shape index (κ1) is 27.1. The van der Waals surface area contributed by atoms with Crippen LogP contribution in [0.4, 0.5) is 0 Å². The zero-order chi connectivity index (χ0) is 26.7. The van der Waals surface area contributed by atoms with Gasteiger partial charge in [0, 0.05) is 0 Å². The molecule has 0 amide bonds. The van der Waals surface area contributed by atoms with E-state index in [9.17, 15) is 5.11 Å². The molecular weight excluding hydrogens is 492 g/mol. The maximum absolute atomic E-state index is 11.1. The summed E-state index contributed by atoms with van der Waals surface area (Å²) >= 11 is 0. The number of hydrogen-bond acceptors (Lipinski definition) is 6. The molecule has 6 heteroatoms. The Morgan fingerprint density at radius 3 is 1.41 bits per heavy atom. The largest absolute Gasteiger partial charge is 0.491 e. The monoisotopic (exact) mass is 526 g/mol. The number of rotatable bonds is 12. The van der Waals surface area contributed by atoms with Crippen LogP contribution in [0.25, 0.3) is 0 Å². The molecule has 0 radical (unpaired) electrons.